The Bertz CT molecular complexity index is 790. The van der Waals surface area contributed by atoms with Crippen LogP contribution in [0.5, 0.6) is 11.5 Å². The summed E-state index contributed by atoms with van der Waals surface area (Å²) in [7, 11) is 1.50. The molecule has 0 aliphatic rings. The van der Waals surface area contributed by atoms with Crippen molar-refractivity contribution in [1.29, 1.82) is 0 Å². The predicted octanol–water partition coefficient (Wildman–Crippen LogP) is 2.43. The van der Waals surface area contributed by atoms with E-state index in [2.05, 4.69) is 10.6 Å². The second-order valence-corrected chi connectivity index (χ2v) is 6.55. The van der Waals surface area contributed by atoms with Crippen LogP contribution in [0, 0.1) is 5.92 Å². The van der Waals surface area contributed by atoms with Crippen LogP contribution in [-0.2, 0) is 4.79 Å². The molecule has 1 atom stereocenters. The van der Waals surface area contributed by atoms with Crippen molar-refractivity contribution in [3.8, 4) is 11.5 Å². The first-order chi connectivity index (χ1) is 13.5. The first kappa shape index (κ1) is 21.2. The van der Waals surface area contributed by atoms with Gasteiger partial charge in [0.1, 0.15) is 24.1 Å². The lowest BCUT2D eigenvalue weighted by Gasteiger charge is -2.22. The van der Waals surface area contributed by atoms with Crippen molar-refractivity contribution >= 4 is 17.5 Å². The van der Waals surface area contributed by atoms with Crippen LogP contribution in [0.15, 0.2) is 48.5 Å². The summed E-state index contributed by atoms with van der Waals surface area (Å²) >= 11 is 0. The lowest BCUT2D eigenvalue weighted by atomic mass is 10.0. The molecule has 0 aliphatic heterocycles. The number of methoxy groups -OCH3 is 1. The summed E-state index contributed by atoms with van der Waals surface area (Å²) in [5.74, 6) is 0.362. The highest BCUT2D eigenvalue weighted by Gasteiger charge is 2.25. The Morgan fingerprint density at radius 1 is 1.07 bits per heavy atom. The third kappa shape index (κ3) is 5.72. The summed E-state index contributed by atoms with van der Waals surface area (Å²) in [6, 6.07) is 13.2. The zero-order valence-electron chi connectivity index (χ0n) is 16.4. The van der Waals surface area contributed by atoms with E-state index >= 15 is 0 Å². The lowest BCUT2D eigenvalue weighted by molar-refractivity contribution is -0.118. The standard InChI is InChI=1S/C21H27N3O4/c1-14(2)19(24-20(25)17-6-4-5-7-18(17)27-3)21(26)23-15-8-10-16(11-9-15)28-13-12-22/h4-11,14,19H,12-13,22H2,1-3H3,(H,23,26)(H,24,25). The Kier molecular flexibility index (Phi) is 7.83. The van der Waals surface area contributed by atoms with Gasteiger partial charge in [0.05, 0.1) is 12.7 Å². The molecule has 0 heterocycles. The van der Waals surface area contributed by atoms with Crippen LogP contribution in [-0.4, -0.2) is 38.1 Å². The molecule has 2 aromatic rings. The number of benzene rings is 2. The topological polar surface area (TPSA) is 103 Å². The molecule has 28 heavy (non-hydrogen) atoms. The molecule has 0 fully saturated rings. The normalized spacial score (nSPS) is 11.6. The Morgan fingerprint density at radius 3 is 2.36 bits per heavy atom. The number of hydrogen-bond acceptors (Lipinski definition) is 5. The minimum Gasteiger partial charge on any atom is -0.496 e. The van der Waals surface area contributed by atoms with E-state index in [-0.39, 0.29) is 17.7 Å². The van der Waals surface area contributed by atoms with Crippen molar-refractivity contribution in [2.75, 3.05) is 25.6 Å². The maximum absolute atomic E-state index is 12.7. The molecule has 0 saturated heterocycles. The summed E-state index contributed by atoms with van der Waals surface area (Å²) in [5.41, 5.74) is 6.40. The fourth-order valence-electron chi connectivity index (χ4n) is 2.62. The molecule has 0 spiro atoms. The highest BCUT2D eigenvalue weighted by Crippen LogP contribution is 2.19. The molecule has 1 unspecified atom stereocenters. The van der Waals surface area contributed by atoms with Crippen LogP contribution in [0.1, 0.15) is 24.2 Å². The first-order valence-corrected chi connectivity index (χ1v) is 9.14. The minimum atomic E-state index is -0.703. The maximum atomic E-state index is 12.7. The average Bonchev–Trinajstić information content (AvgIpc) is 2.70. The molecule has 7 nitrogen and oxygen atoms in total. The molecule has 4 N–H and O–H groups in total. The first-order valence-electron chi connectivity index (χ1n) is 9.14. The molecular weight excluding hydrogens is 358 g/mol. The zero-order chi connectivity index (χ0) is 20.5. The van der Waals surface area contributed by atoms with Gasteiger partial charge >= 0.3 is 0 Å². The van der Waals surface area contributed by atoms with Gasteiger partial charge < -0.3 is 25.8 Å². The third-order valence-electron chi connectivity index (χ3n) is 4.10. The summed E-state index contributed by atoms with van der Waals surface area (Å²) < 4.78 is 10.6. The van der Waals surface area contributed by atoms with Gasteiger partial charge in [0.2, 0.25) is 5.91 Å². The van der Waals surface area contributed by atoms with Crippen LogP contribution in [0.25, 0.3) is 0 Å². The van der Waals surface area contributed by atoms with Crippen molar-refractivity contribution in [2.45, 2.75) is 19.9 Å². The molecule has 2 amide bonds. The van der Waals surface area contributed by atoms with E-state index in [0.717, 1.165) is 0 Å². The van der Waals surface area contributed by atoms with E-state index in [0.29, 0.717) is 35.9 Å². The van der Waals surface area contributed by atoms with Gasteiger partial charge in [-0.2, -0.15) is 0 Å². The van der Waals surface area contributed by atoms with Crippen molar-refractivity contribution in [1.82, 2.24) is 5.32 Å². The minimum absolute atomic E-state index is 0.106. The summed E-state index contributed by atoms with van der Waals surface area (Å²) in [4.78, 5) is 25.4. The monoisotopic (exact) mass is 385 g/mol. The van der Waals surface area contributed by atoms with E-state index in [1.165, 1.54) is 7.11 Å². The SMILES string of the molecule is COc1ccccc1C(=O)NC(C(=O)Nc1ccc(OCCN)cc1)C(C)C. The maximum Gasteiger partial charge on any atom is 0.255 e. The number of para-hydroxylation sites is 1. The highest BCUT2D eigenvalue weighted by molar-refractivity contribution is 6.02. The summed E-state index contributed by atoms with van der Waals surface area (Å²) in [6.07, 6.45) is 0. The van der Waals surface area contributed by atoms with Gasteiger partial charge in [-0.15, -0.1) is 0 Å². The van der Waals surface area contributed by atoms with Crippen LogP contribution < -0.4 is 25.8 Å². The van der Waals surface area contributed by atoms with Gasteiger partial charge in [-0.3, -0.25) is 9.59 Å². The molecule has 0 aromatic heterocycles. The fourth-order valence-corrected chi connectivity index (χ4v) is 2.62. The van der Waals surface area contributed by atoms with Gasteiger partial charge in [-0.1, -0.05) is 26.0 Å². The van der Waals surface area contributed by atoms with Crippen molar-refractivity contribution in [2.24, 2.45) is 11.7 Å². The predicted molar refractivity (Wildman–Crippen MR) is 109 cm³/mol. The number of ether oxygens (including phenoxy) is 2. The van der Waals surface area contributed by atoms with E-state index in [1.54, 1.807) is 48.5 Å². The Labute approximate surface area is 165 Å². The van der Waals surface area contributed by atoms with Crippen LogP contribution >= 0.6 is 0 Å². The number of carbonyl (C=O) groups is 2. The van der Waals surface area contributed by atoms with E-state index in [9.17, 15) is 9.59 Å². The largest absolute Gasteiger partial charge is 0.496 e. The van der Waals surface area contributed by atoms with E-state index in [4.69, 9.17) is 15.2 Å². The lowest BCUT2D eigenvalue weighted by Crippen LogP contribution is -2.47. The molecule has 0 saturated carbocycles. The van der Waals surface area contributed by atoms with Crippen molar-refractivity contribution in [3.63, 3.8) is 0 Å². The number of hydrogen-bond donors (Lipinski definition) is 3. The Hall–Kier alpha value is -3.06. The number of carbonyl (C=O) groups excluding carboxylic acids is 2. The Morgan fingerprint density at radius 2 is 1.75 bits per heavy atom. The number of rotatable bonds is 9. The number of anilines is 1. The van der Waals surface area contributed by atoms with Crippen LogP contribution in [0.2, 0.25) is 0 Å². The molecule has 7 heteroatoms. The van der Waals surface area contributed by atoms with Gasteiger partial charge in [0.25, 0.3) is 5.91 Å². The van der Waals surface area contributed by atoms with Gasteiger partial charge in [-0.05, 0) is 42.3 Å². The number of amides is 2. The van der Waals surface area contributed by atoms with Crippen LogP contribution in [0.4, 0.5) is 5.69 Å². The van der Waals surface area contributed by atoms with E-state index in [1.807, 2.05) is 13.8 Å². The molecule has 2 rings (SSSR count). The summed E-state index contributed by atoms with van der Waals surface area (Å²) in [5, 5.41) is 5.62. The van der Waals surface area contributed by atoms with E-state index < -0.39 is 6.04 Å². The average molecular weight is 385 g/mol. The zero-order valence-corrected chi connectivity index (χ0v) is 16.4. The van der Waals surface area contributed by atoms with Gasteiger partial charge in [0, 0.05) is 12.2 Å². The van der Waals surface area contributed by atoms with Crippen molar-refractivity contribution in [3.05, 3.63) is 54.1 Å². The molecule has 0 radical (unpaired) electrons. The van der Waals surface area contributed by atoms with Crippen molar-refractivity contribution < 1.29 is 19.1 Å². The molecule has 0 aliphatic carbocycles. The highest BCUT2D eigenvalue weighted by atomic mass is 16.5. The number of nitrogens with one attached hydrogen (secondary N) is 2. The molecule has 2 aromatic carbocycles. The quantitative estimate of drug-likeness (QED) is 0.615. The Balaban J connectivity index is 2.06. The molecular formula is C21H27N3O4. The third-order valence-corrected chi connectivity index (χ3v) is 4.10. The molecule has 150 valence electrons. The number of nitrogens with two attached hydrogens (primary N) is 1. The molecule has 0 bridgehead atoms. The fraction of sp³-hybridized carbons (Fsp3) is 0.333. The smallest absolute Gasteiger partial charge is 0.255 e. The second-order valence-electron chi connectivity index (χ2n) is 6.55. The van der Waals surface area contributed by atoms with Crippen LogP contribution in [0.3, 0.4) is 0 Å². The second kappa shape index (κ2) is 10.3. The summed E-state index contributed by atoms with van der Waals surface area (Å²) in [6.45, 7) is 4.60. The van der Waals surface area contributed by atoms with Gasteiger partial charge in [0.15, 0.2) is 0 Å². The van der Waals surface area contributed by atoms with Gasteiger partial charge in [-0.25, -0.2) is 0 Å².